The smallest absolute Gasteiger partial charge is 0.410 e. The highest BCUT2D eigenvalue weighted by atomic mass is 32.2. The number of hydrogen-bond donors (Lipinski definition) is 2. The molecule has 4 heterocycles. The molecule has 0 radical (unpaired) electrons. The van der Waals surface area contributed by atoms with Gasteiger partial charge in [0.15, 0.2) is 21.3 Å². The van der Waals surface area contributed by atoms with Gasteiger partial charge in [-0.05, 0) is 17.7 Å². The van der Waals surface area contributed by atoms with Crippen LogP contribution in [-0.2, 0) is 33.0 Å². The summed E-state index contributed by atoms with van der Waals surface area (Å²) in [6.45, 7) is 2.09. The van der Waals surface area contributed by atoms with Gasteiger partial charge in [-0.25, -0.2) is 23.2 Å². The summed E-state index contributed by atoms with van der Waals surface area (Å²) in [5.41, 5.74) is 2.01. The van der Waals surface area contributed by atoms with Gasteiger partial charge in [-0.15, -0.1) is 5.10 Å². The first-order valence-corrected chi connectivity index (χ1v) is 15.3. The number of rotatable bonds is 7. The highest BCUT2D eigenvalue weighted by Crippen LogP contribution is 2.29. The van der Waals surface area contributed by atoms with Crippen molar-refractivity contribution in [2.24, 2.45) is 7.05 Å². The maximum absolute atomic E-state index is 13.1. The first-order chi connectivity index (χ1) is 20.7. The van der Waals surface area contributed by atoms with E-state index in [-0.39, 0.29) is 54.3 Å². The first kappa shape index (κ1) is 28.1. The summed E-state index contributed by atoms with van der Waals surface area (Å²) in [5, 5.41) is 15.2. The lowest BCUT2D eigenvalue weighted by molar-refractivity contribution is -0.121. The van der Waals surface area contributed by atoms with E-state index in [1.165, 1.54) is 15.5 Å². The third-order valence-electron chi connectivity index (χ3n) is 7.11. The molecular formula is C28H29N9O5S. The van der Waals surface area contributed by atoms with Crippen molar-refractivity contribution >= 4 is 44.3 Å². The summed E-state index contributed by atoms with van der Waals surface area (Å²) in [4.78, 5) is 37.0. The van der Waals surface area contributed by atoms with Crippen LogP contribution in [0, 0.1) is 0 Å². The number of aryl methyl sites for hydroxylation is 1. The van der Waals surface area contributed by atoms with Crippen LogP contribution in [0.3, 0.4) is 0 Å². The Morgan fingerprint density at radius 1 is 1.14 bits per heavy atom. The quantitative estimate of drug-likeness (QED) is 0.281. The Kier molecular flexibility index (Phi) is 7.39. The molecule has 1 fully saturated rings. The van der Waals surface area contributed by atoms with E-state index in [4.69, 9.17) is 9.72 Å². The van der Waals surface area contributed by atoms with Crippen LogP contribution in [0.2, 0.25) is 0 Å². The topological polar surface area (TPSA) is 166 Å². The second-order valence-electron chi connectivity index (χ2n) is 10.0. The molecule has 1 saturated heterocycles. The summed E-state index contributed by atoms with van der Waals surface area (Å²) in [5.74, 6) is -0.0647. The molecule has 0 spiro atoms. The van der Waals surface area contributed by atoms with E-state index in [9.17, 15) is 18.0 Å². The number of para-hydroxylation sites is 1. The number of sulfone groups is 1. The third-order valence-corrected chi connectivity index (χ3v) is 8.87. The van der Waals surface area contributed by atoms with Crippen molar-refractivity contribution in [3.05, 3.63) is 66.5 Å². The Labute approximate surface area is 246 Å². The van der Waals surface area contributed by atoms with Crippen LogP contribution in [0.15, 0.2) is 65.8 Å². The Morgan fingerprint density at radius 3 is 2.70 bits per heavy atom. The third kappa shape index (κ3) is 5.58. The van der Waals surface area contributed by atoms with Gasteiger partial charge in [0.05, 0.1) is 34.5 Å². The summed E-state index contributed by atoms with van der Waals surface area (Å²) in [6.07, 6.45) is 2.80. The molecular weight excluding hydrogens is 574 g/mol. The second-order valence-corrected chi connectivity index (χ2v) is 12.3. The van der Waals surface area contributed by atoms with Crippen LogP contribution in [0.1, 0.15) is 12.5 Å². The molecule has 14 nitrogen and oxygen atoms in total. The normalized spacial score (nSPS) is 15.8. The highest BCUT2D eigenvalue weighted by molar-refractivity contribution is 7.91. The Balaban J connectivity index is 1.39. The van der Waals surface area contributed by atoms with E-state index in [2.05, 4.69) is 25.8 Å². The Hall–Kier alpha value is -5.05. The number of nitrogens with one attached hydrogen (secondary N) is 2. The van der Waals surface area contributed by atoms with Crippen molar-refractivity contribution in [3.8, 4) is 11.4 Å². The van der Waals surface area contributed by atoms with Crippen molar-refractivity contribution < 1.29 is 22.7 Å². The lowest BCUT2D eigenvalue weighted by Gasteiger charge is -2.23. The number of fused-ring (bicyclic) bond motifs is 3. The minimum Gasteiger partial charge on any atom is -0.445 e. The predicted octanol–water partition coefficient (Wildman–Crippen LogP) is 2.02. The van der Waals surface area contributed by atoms with Crippen LogP contribution in [0.5, 0.6) is 0 Å². The molecule has 1 atom stereocenters. The van der Waals surface area contributed by atoms with Gasteiger partial charge >= 0.3 is 6.09 Å². The van der Waals surface area contributed by atoms with Gasteiger partial charge < -0.3 is 20.3 Å². The number of carbonyl (C=O) groups is 2. The van der Waals surface area contributed by atoms with Crippen LogP contribution in [0.25, 0.3) is 27.9 Å². The van der Waals surface area contributed by atoms with E-state index in [1.807, 2.05) is 30.3 Å². The van der Waals surface area contributed by atoms with E-state index in [1.54, 1.807) is 43.2 Å². The van der Waals surface area contributed by atoms with E-state index in [0.717, 1.165) is 5.56 Å². The minimum absolute atomic E-state index is 0.0280. The van der Waals surface area contributed by atoms with Gasteiger partial charge in [0.1, 0.15) is 12.6 Å². The van der Waals surface area contributed by atoms with Crippen LogP contribution in [-0.4, -0.2) is 86.1 Å². The number of aromatic nitrogens is 6. The number of benzene rings is 2. The van der Waals surface area contributed by atoms with Crippen LogP contribution >= 0.6 is 0 Å². The zero-order valence-corrected chi connectivity index (χ0v) is 24.3. The Bertz CT molecular complexity index is 1940. The van der Waals surface area contributed by atoms with Crippen molar-refractivity contribution in [2.75, 3.05) is 30.7 Å². The fraction of sp³-hybridized carbons (Fsp3) is 0.286. The molecule has 2 amide bonds. The first-order valence-electron chi connectivity index (χ1n) is 13.6. The molecule has 3 aromatic heterocycles. The SMILES string of the molecule is CCS(=O)(=O)c1cccc2c1nc(N[C@@H]1CN(C(=O)OCc3ccccc3)CCNC1=O)n1nc(-c3cnn(C)c3)nc21. The molecule has 0 unspecified atom stereocenters. The zero-order valence-electron chi connectivity index (χ0n) is 23.5. The molecule has 1 aliphatic rings. The summed E-state index contributed by atoms with van der Waals surface area (Å²) < 4.78 is 34.6. The zero-order chi connectivity index (χ0) is 30.1. The van der Waals surface area contributed by atoms with Gasteiger partial charge in [-0.1, -0.05) is 43.3 Å². The van der Waals surface area contributed by atoms with Gasteiger partial charge in [-0.2, -0.15) is 9.61 Å². The maximum atomic E-state index is 13.1. The van der Waals surface area contributed by atoms with Crippen LogP contribution in [0.4, 0.5) is 10.7 Å². The van der Waals surface area contributed by atoms with E-state index >= 15 is 0 Å². The lowest BCUT2D eigenvalue weighted by Crippen LogP contribution is -2.44. The number of carbonyl (C=O) groups excluding carboxylic acids is 2. The van der Waals surface area contributed by atoms with Crippen molar-refractivity contribution in [2.45, 2.75) is 24.5 Å². The van der Waals surface area contributed by atoms with Gasteiger partial charge in [0.25, 0.3) is 0 Å². The number of hydrogen-bond acceptors (Lipinski definition) is 10. The molecule has 2 aromatic carbocycles. The molecule has 43 heavy (non-hydrogen) atoms. The van der Waals surface area contributed by atoms with Gasteiger partial charge in [-0.3, -0.25) is 9.48 Å². The monoisotopic (exact) mass is 603 g/mol. The van der Waals surface area contributed by atoms with Gasteiger partial charge in [0, 0.05) is 31.7 Å². The predicted molar refractivity (Wildman–Crippen MR) is 157 cm³/mol. The fourth-order valence-corrected chi connectivity index (χ4v) is 5.89. The van der Waals surface area contributed by atoms with E-state index < -0.39 is 22.0 Å². The summed E-state index contributed by atoms with van der Waals surface area (Å²) >= 11 is 0. The van der Waals surface area contributed by atoms with E-state index in [0.29, 0.717) is 22.4 Å². The number of amides is 2. The lowest BCUT2D eigenvalue weighted by atomic mass is 10.2. The molecule has 1 aliphatic heterocycles. The summed E-state index contributed by atoms with van der Waals surface area (Å²) in [6, 6.07) is 13.2. The molecule has 5 aromatic rings. The Morgan fingerprint density at radius 2 is 1.95 bits per heavy atom. The number of ether oxygens (including phenoxy) is 1. The molecule has 2 N–H and O–H groups in total. The standard InChI is InChI=1S/C28H29N9O5S/c1-3-43(40,41)22-11-7-10-20-23(22)32-27(37-25(20)33-24(34-37)19-14-30-35(2)15-19)31-21-16-36(13-12-29-26(21)38)28(39)42-17-18-8-5-4-6-9-18/h4-11,14-15,21H,3,12-13,16-17H2,1-2H3,(H,29,38)(H,31,32)/t21-/m1/s1. The molecule has 0 bridgehead atoms. The summed E-state index contributed by atoms with van der Waals surface area (Å²) in [7, 11) is -1.89. The second kappa shape index (κ2) is 11.3. The molecule has 6 rings (SSSR count). The average Bonchev–Trinajstić information content (AvgIpc) is 3.61. The van der Waals surface area contributed by atoms with Gasteiger partial charge in [0.2, 0.25) is 11.9 Å². The average molecular weight is 604 g/mol. The van der Waals surface area contributed by atoms with Crippen molar-refractivity contribution in [1.82, 2.24) is 39.6 Å². The largest absolute Gasteiger partial charge is 0.445 e. The highest BCUT2D eigenvalue weighted by Gasteiger charge is 2.30. The molecule has 0 saturated carbocycles. The molecule has 0 aliphatic carbocycles. The molecule has 222 valence electrons. The number of nitrogens with zero attached hydrogens (tertiary/aromatic N) is 7. The molecule has 15 heteroatoms. The van der Waals surface area contributed by atoms with Crippen molar-refractivity contribution in [3.63, 3.8) is 0 Å². The van der Waals surface area contributed by atoms with Crippen molar-refractivity contribution in [1.29, 1.82) is 0 Å². The fourth-order valence-electron chi connectivity index (χ4n) is 4.84. The van der Waals surface area contributed by atoms with Crippen LogP contribution < -0.4 is 10.6 Å². The minimum atomic E-state index is -3.66. The maximum Gasteiger partial charge on any atom is 0.410 e. The number of anilines is 1.